The van der Waals surface area contributed by atoms with E-state index in [9.17, 15) is 22.8 Å². The molecular formula is C28H38BF3O7. The second-order valence-electron chi connectivity index (χ2n) is 13.6. The summed E-state index contributed by atoms with van der Waals surface area (Å²) in [5.74, 6) is -1.06. The predicted molar refractivity (Wildman–Crippen MR) is 137 cm³/mol. The second-order valence-corrected chi connectivity index (χ2v) is 13.6. The normalized spacial score (nSPS) is 27.9. The molecule has 1 aliphatic heterocycles. The van der Waals surface area contributed by atoms with Crippen LogP contribution in [0.4, 0.5) is 18.0 Å². The van der Waals surface area contributed by atoms with E-state index in [2.05, 4.69) is 13.8 Å². The zero-order valence-corrected chi connectivity index (χ0v) is 24.1. The van der Waals surface area contributed by atoms with Gasteiger partial charge in [0.2, 0.25) is 0 Å². The van der Waals surface area contributed by atoms with Gasteiger partial charge in [-0.3, -0.25) is 0 Å². The maximum atomic E-state index is 14.1. The summed E-state index contributed by atoms with van der Waals surface area (Å²) in [5, 5.41) is 0. The standard InChI is InChI=1S/C28H38BF3O7/c1-24(2,3)36-22(33)20-17(28(30,31)32)11-10-15(21(20)35-23(34)37-25(4,5)6)14-29-38-19-13-16-12-18(26(16,7)8)27(19,9)39-29/h10-11,16,18-19H,12-14H2,1-9H3/t16-,18-,19?,27-/m0/s1. The largest absolute Gasteiger partial charge is 0.514 e. The fourth-order valence-corrected chi connectivity index (χ4v) is 6.24. The first kappa shape index (κ1) is 29.7. The van der Waals surface area contributed by atoms with Crippen LogP contribution in [0.3, 0.4) is 0 Å². The molecule has 1 heterocycles. The monoisotopic (exact) mass is 554 g/mol. The molecule has 1 aromatic rings. The predicted octanol–water partition coefficient (Wildman–Crippen LogP) is 6.78. The van der Waals surface area contributed by atoms with Crippen molar-refractivity contribution in [3.05, 3.63) is 28.8 Å². The van der Waals surface area contributed by atoms with E-state index in [0.717, 1.165) is 18.9 Å². The topological polar surface area (TPSA) is 80.3 Å². The van der Waals surface area contributed by atoms with Crippen LogP contribution in [0.1, 0.15) is 96.6 Å². The van der Waals surface area contributed by atoms with E-state index < -0.39 is 59.1 Å². The molecule has 4 aliphatic rings. The number of carbonyl (C=O) groups is 2. The summed E-state index contributed by atoms with van der Waals surface area (Å²) in [7, 11) is -0.806. The van der Waals surface area contributed by atoms with Gasteiger partial charge in [-0.2, -0.15) is 13.2 Å². The Kier molecular flexibility index (Phi) is 7.16. The van der Waals surface area contributed by atoms with Gasteiger partial charge >= 0.3 is 25.4 Å². The van der Waals surface area contributed by atoms with Crippen LogP contribution >= 0.6 is 0 Å². The fourth-order valence-electron chi connectivity index (χ4n) is 6.24. The summed E-state index contributed by atoms with van der Waals surface area (Å²) in [6.45, 7) is 15.8. The van der Waals surface area contributed by atoms with Gasteiger partial charge < -0.3 is 23.5 Å². The summed E-state index contributed by atoms with van der Waals surface area (Å²) >= 11 is 0. The average molecular weight is 554 g/mol. The van der Waals surface area contributed by atoms with Gasteiger partial charge in [-0.05, 0) is 90.2 Å². The van der Waals surface area contributed by atoms with Gasteiger partial charge in [0.15, 0.2) is 5.75 Å². The molecule has 7 nitrogen and oxygen atoms in total. The highest BCUT2D eigenvalue weighted by Crippen LogP contribution is 2.65. The number of hydrogen-bond acceptors (Lipinski definition) is 7. The minimum Gasteiger partial charge on any atom is -0.456 e. The molecule has 4 atom stereocenters. The van der Waals surface area contributed by atoms with Crippen LogP contribution in [0.15, 0.2) is 12.1 Å². The summed E-state index contributed by atoms with van der Waals surface area (Å²) < 4.78 is 70.9. The van der Waals surface area contributed by atoms with Crippen molar-refractivity contribution in [1.29, 1.82) is 0 Å². The lowest BCUT2D eigenvalue weighted by Gasteiger charge is -2.64. The van der Waals surface area contributed by atoms with Gasteiger partial charge in [-0.15, -0.1) is 0 Å². The van der Waals surface area contributed by atoms with Crippen LogP contribution in [0, 0.1) is 17.3 Å². The van der Waals surface area contributed by atoms with Crippen molar-refractivity contribution in [3.63, 3.8) is 0 Å². The number of benzene rings is 1. The Balaban J connectivity index is 1.74. The number of hydrogen-bond donors (Lipinski definition) is 0. The van der Waals surface area contributed by atoms with E-state index in [-0.39, 0.29) is 29.3 Å². The Morgan fingerprint density at radius 3 is 2.15 bits per heavy atom. The highest BCUT2D eigenvalue weighted by Gasteiger charge is 2.67. The smallest absolute Gasteiger partial charge is 0.456 e. The maximum absolute atomic E-state index is 14.1. The summed E-state index contributed by atoms with van der Waals surface area (Å²) in [4.78, 5) is 25.8. The van der Waals surface area contributed by atoms with E-state index in [1.54, 1.807) is 20.8 Å². The molecule has 3 saturated carbocycles. The highest BCUT2D eigenvalue weighted by atomic mass is 19.4. The fraction of sp³-hybridized carbons (Fsp3) is 0.714. The molecular weight excluding hydrogens is 516 g/mol. The zero-order valence-electron chi connectivity index (χ0n) is 24.1. The van der Waals surface area contributed by atoms with Gasteiger partial charge in [0.1, 0.15) is 16.8 Å². The number of ether oxygens (including phenoxy) is 3. The second kappa shape index (κ2) is 9.40. The molecule has 3 aliphatic carbocycles. The SMILES string of the molecule is CC(C)(C)OC(=O)Oc1c(CB2OC3C[C@@H]4C[C@@H](C4(C)C)[C@]3(C)O2)ccc(C(F)(F)F)c1C(=O)OC(C)(C)C. The molecule has 1 saturated heterocycles. The summed E-state index contributed by atoms with van der Waals surface area (Å²) in [6, 6.07) is 1.97. The third-order valence-electron chi connectivity index (χ3n) is 8.11. The molecule has 5 rings (SSSR count). The van der Waals surface area contributed by atoms with Gasteiger partial charge in [-0.25, -0.2) is 9.59 Å². The Hall–Kier alpha value is -2.27. The van der Waals surface area contributed by atoms with Crippen molar-refractivity contribution < 1.29 is 46.3 Å². The molecule has 216 valence electrons. The molecule has 2 bridgehead atoms. The van der Waals surface area contributed by atoms with Crippen molar-refractivity contribution in [2.45, 2.75) is 111 Å². The van der Waals surface area contributed by atoms with Crippen LogP contribution in [0.25, 0.3) is 0 Å². The Morgan fingerprint density at radius 2 is 1.62 bits per heavy atom. The minimum atomic E-state index is -4.92. The molecule has 0 radical (unpaired) electrons. The van der Waals surface area contributed by atoms with Crippen LogP contribution < -0.4 is 4.74 Å². The van der Waals surface area contributed by atoms with Gasteiger partial charge in [-0.1, -0.05) is 19.9 Å². The maximum Gasteiger partial charge on any atom is 0.514 e. The Morgan fingerprint density at radius 1 is 1.00 bits per heavy atom. The van der Waals surface area contributed by atoms with Crippen LogP contribution in [0.5, 0.6) is 5.75 Å². The van der Waals surface area contributed by atoms with Crippen LogP contribution in [-0.4, -0.2) is 42.2 Å². The summed E-state index contributed by atoms with van der Waals surface area (Å²) in [5.41, 5.74) is -4.58. The lowest BCUT2D eigenvalue weighted by molar-refractivity contribution is -0.199. The molecule has 1 unspecified atom stereocenters. The lowest BCUT2D eigenvalue weighted by Crippen LogP contribution is -2.65. The van der Waals surface area contributed by atoms with Gasteiger partial charge in [0, 0.05) is 6.32 Å². The number of alkyl halides is 3. The number of esters is 1. The van der Waals surface area contributed by atoms with E-state index >= 15 is 0 Å². The molecule has 0 aromatic heterocycles. The first-order valence-electron chi connectivity index (χ1n) is 13.3. The third-order valence-corrected chi connectivity index (χ3v) is 8.11. The van der Waals surface area contributed by atoms with Crippen molar-refractivity contribution in [2.75, 3.05) is 0 Å². The van der Waals surface area contributed by atoms with Gasteiger partial charge in [0.05, 0.1) is 17.3 Å². The van der Waals surface area contributed by atoms with Crippen molar-refractivity contribution in [3.8, 4) is 5.75 Å². The van der Waals surface area contributed by atoms with Crippen molar-refractivity contribution in [1.82, 2.24) is 0 Å². The first-order chi connectivity index (χ1) is 17.6. The lowest BCUT2D eigenvalue weighted by atomic mass is 9.43. The highest BCUT2D eigenvalue weighted by molar-refractivity contribution is 6.45. The average Bonchev–Trinajstić information content (AvgIpc) is 3.06. The van der Waals surface area contributed by atoms with E-state index in [4.69, 9.17) is 23.5 Å². The molecule has 1 aromatic carbocycles. The van der Waals surface area contributed by atoms with Crippen LogP contribution in [-0.2, 0) is 31.3 Å². The molecule has 0 amide bonds. The minimum absolute atomic E-state index is 0.0457. The van der Waals surface area contributed by atoms with Crippen molar-refractivity contribution >= 4 is 19.2 Å². The van der Waals surface area contributed by atoms with E-state index in [1.165, 1.54) is 26.8 Å². The molecule has 4 fully saturated rings. The van der Waals surface area contributed by atoms with E-state index in [0.29, 0.717) is 5.92 Å². The Labute approximate surface area is 228 Å². The zero-order chi connectivity index (χ0) is 29.3. The first-order valence-corrected chi connectivity index (χ1v) is 13.3. The summed E-state index contributed by atoms with van der Waals surface area (Å²) in [6.07, 6.45) is -4.51. The van der Waals surface area contributed by atoms with Gasteiger partial charge in [0.25, 0.3) is 0 Å². The number of halogens is 3. The van der Waals surface area contributed by atoms with E-state index in [1.807, 2.05) is 6.92 Å². The molecule has 0 spiro atoms. The van der Waals surface area contributed by atoms with Crippen LogP contribution in [0.2, 0.25) is 0 Å². The number of carbonyl (C=O) groups excluding carboxylic acids is 2. The molecule has 0 N–H and O–H groups in total. The molecule has 39 heavy (non-hydrogen) atoms. The van der Waals surface area contributed by atoms with Crippen molar-refractivity contribution in [2.24, 2.45) is 17.3 Å². The quantitative estimate of drug-likeness (QED) is 0.231. The Bertz CT molecular complexity index is 1150. The molecule has 11 heteroatoms. The third kappa shape index (κ3) is 5.80. The number of rotatable bonds is 4.